The summed E-state index contributed by atoms with van der Waals surface area (Å²) in [6.07, 6.45) is 3.31. The summed E-state index contributed by atoms with van der Waals surface area (Å²) < 4.78 is 0. The van der Waals surface area contributed by atoms with Gasteiger partial charge in [-0.1, -0.05) is 0 Å². The lowest BCUT2D eigenvalue weighted by Crippen LogP contribution is -2.27. The quantitative estimate of drug-likeness (QED) is 0.485. The van der Waals surface area contributed by atoms with Gasteiger partial charge in [-0.15, -0.1) is 0 Å². The van der Waals surface area contributed by atoms with Crippen LogP contribution in [0.4, 0.5) is 0 Å². The van der Waals surface area contributed by atoms with Crippen LogP contribution in [0.25, 0.3) is 0 Å². The highest BCUT2D eigenvalue weighted by molar-refractivity contribution is 4.99. The van der Waals surface area contributed by atoms with Gasteiger partial charge >= 0.3 is 0 Å². The van der Waals surface area contributed by atoms with E-state index in [1.807, 2.05) is 0 Å². The fraction of sp³-hybridized carbons (Fsp3) is 1.00. The Kier molecular flexibility index (Phi) is 1.08. The maximum Gasteiger partial charge on any atom is 0.0586 e. The molecule has 2 rings (SSSR count). The van der Waals surface area contributed by atoms with E-state index in [1.54, 1.807) is 0 Å². The molecule has 52 valence electrons. The largest absolute Gasteiger partial charge is 0.393 e. The molecule has 2 heteroatoms. The van der Waals surface area contributed by atoms with Gasteiger partial charge in [0, 0.05) is 12.0 Å². The molecule has 0 amide bonds. The first-order chi connectivity index (χ1) is 4.29. The van der Waals surface area contributed by atoms with Gasteiger partial charge < -0.3 is 10.8 Å². The van der Waals surface area contributed by atoms with Crippen molar-refractivity contribution >= 4 is 0 Å². The second-order valence-corrected chi connectivity index (χ2v) is 3.38. The first-order valence-electron chi connectivity index (χ1n) is 3.72. The van der Waals surface area contributed by atoms with Crippen LogP contribution in [0.15, 0.2) is 0 Å². The number of aliphatic hydroxyl groups excluding tert-OH is 1. The Morgan fingerprint density at radius 2 is 2.11 bits per heavy atom. The van der Waals surface area contributed by atoms with Gasteiger partial charge in [-0.3, -0.25) is 0 Å². The monoisotopic (exact) mass is 127 g/mol. The van der Waals surface area contributed by atoms with Crippen molar-refractivity contribution in [2.45, 2.75) is 31.4 Å². The normalized spacial score (nSPS) is 56.7. The zero-order valence-corrected chi connectivity index (χ0v) is 5.46. The number of nitrogens with two attached hydrogens (primary N) is 1. The summed E-state index contributed by atoms with van der Waals surface area (Å²) in [5.74, 6) is 1.08. The molecule has 0 aliphatic heterocycles. The zero-order valence-electron chi connectivity index (χ0n) is 5.46. The van der Waals surface area contributed by atoms with Gasteiger partial charge in [-0.25, -0.2) is 0 Å². The molecule has 0 aromatic heterocycles. The smallest absolute Gasteiger partial charge is 0.0586 e. The van der Waals surface area contributed by atoms with Crippen molar-refractivity contribution in [3.8, 4) is 0 Å². The molecule has 2 saturated carbocycles. The lowest BCUT2D eigenvalue weighted by Gasteiger charge is -2.14. The Morgan fingerprint density at radius 1 is 1.33 bits per heavy atom. The summed E-state index contributed by atoms with van der Waals surface area (Å²) in [6.45, 7) is 0. The van der Waals surface area contributed by atoms with Crippen molar-refractivity contribution in [2.75, 3.05) is 0 Å². The van der Waals surface area contributed by atoms with E-state index in [9.17, 15) is 5.11 Å². The number of fused-ring (bicyclic) bond motifs is 2. The van der Waals surface area contributed by atoms with E-state index in [-0.39, 0.29) is 6.10 Å². The minimum absolute atomic E-state index is 0.0706. The molecule has 3 N–H and O–H groups in total. The van der Waals surface area contributed by atoms with E-state index in [0.717, 1.165) is 12.8 Å². The lowest BCUT2D eigenvalue weighted by atomic mass is 9.98. The molecule has 0 spiro atoms. The number of hydrogen-bond donors (Lipinski definition) is 2. The molecule has 0 heterocycles. The third kappa shape index (κ3) is 0.634. The fourth-order valence-electron chi connectivity index (χ4n) is 2.35. The van der Waals surface area contributed by atoms with Crippen LogP contribution >= 0.6 is 0 Å². The average Bonchev–Trinajstić information content (AvgIpc) is 2.25. The molecule has 2 fully saturated rings. The number of hydrogen-bond acceptors (Lipinski definition) is 2. The molecule has 0 aromatic rings. The van der Waals surface area contributed by atoms with Crippen LogP contribution in [0.2, 0.25) is 0 Å². The van der Waals surface area contributed by atoms with Crippen LogP contribution in [0.3, 0.4) is 0 Å². The Labute approximate surface area is 55.1 Å². The summed E-state index contributed by atoms with van der Waals surface area (Å²) in [7, 11) is 0. The van der Waals surface area contributed by atoms with Crippen molar-refractivity contribution < 1.29 is 5.11 Å². The summed E-state index contributed by atoms with van der Waals surface area (Å²) in [5, 5.41) is 9.31. The second kappa shape index (κ2) is 1.70. The standard InChI is InChI=1S/C7H13NO/c8-7-4-1-2-5(7)6(9)3-4/h4-7,9H,1-3,8H2. The molecule has 2 aliphatic rings. The molecule has 9 heavy (non-hydrogen) atoms. The van der Waals surface area contributed by atoms with Crippen molar-refractivity contribution in [3.05, 3.63) is 0 Å². The number of aliphatic hydroxyl groups is 1. The minimum atomic E-state index is -0.0706. The summed E-state index contributed by atoms with van der Waals surface area (Å²) >= 11 is 0. The molecule has 0 radical (unpaired) electrons. The highest BCUT2D eigenvalue weighted by atomic mass is 16.3. The second-order valence-electron chi connectivity index (χ2n) is 3.38. The minimum Gasteiger partial charge on any atom is -0.393 e. The van der Waals surface area contributed by atoms with Gasteiger partial charge in [0.1, 0.15) is 0 Å². The van der Waals surface area contributed by atoms with Crippen molar-refractivity contribution in [1.29, 1.82) is 0 Å². The highest BCUT2D eigenvalue weighted by Crippen LogP contribution is 2.43. The first-order valence-corrected chi connectivity index (χ1v) is 3.72. The average molecular weight is 127 g/mol. The predicted octanol–water partition coefficient (Wildman–Crippen LogP) is 0.104. The third-order valence-electron chi connectivity index (χ3n) is 2.95. The van der Waals surface area contributed by atoms with Crippen LogP contribution in [-0.2, 0) is 0 Å². The fourth-order valence-corrected chi connectivity index (χ4v) is 2.35. The summed E-state index contributed by atoms with van der Waals surface area (Å²) in [5.41, 5.74) is 5.81. The van der Waals surface area contributed by atoms with E-state index < -0.39 is 0 Å². The summed E-state index contributed by atoms with van der Waals surface area (Å²) in [4.78, 5) is 0. The molecule has 2 nitrogen and oxygen atoms in total. The van der Waals surface area contributed by atoms with Crippen molar-refractivity contribution in [2.24, 2.45) is 17.6 Å². The highest BCUT2D eigenvalue weighted by Gasteiger charge is 2.45. The molecule has 4 unspecified atom stereocenters. The molecule has 4 atom stereocenters. The SMILES string of the molecule is NC1C2CCC1C(O)C2. The van der Waals surface area contributed by atoms with Crippen LogP contribution in [0.1, 0.15) is 19.3 Å². The van der Waals surface area contributed by atoms with E-state index in [2.05, 4.69) is 0 Å². The van der Waals surface area contributed by atoms with E-state index in [4.69, 9.17) is 5.73 Å². The van der Waals surface area contributed by atoms with Gasteiger partial charge in [-0.05, 0) is 25.2 Å². The molecule has 0 saturated heterocycles. The van der Waals surface area contributed by atoms with Gasteiger partial charge in [0.25, 0.3) is 0 Å². The lowest BCUT2D eigenvalue weighted by molar-refractivity contribution is 0.112. The molecule has 2 bridgehead atoms. The molecule has 2 aliphatic carbocycles. The Balaban J connectivity index is 2.16. The van der Waals surface area contributed by atoms with Gasteiger partial charge in [0.2, 0.25) is 0 Å². The van der Waals surface area contributed by atoms with Crippen LogP contribution in [0, 0.1) is 11.8 Å². The molecular formula is C7H13NO. The van der Waals surface area contributed by atoms with Crippen molar-refractivity contribution in [3.63, 3.8) is 0 Å². The third-order valence-corrected chi connectivity index (χ3v) is 2.95. The van der Waals surface area contributed by atoms with Gasteiger partial charge in [-0.2, -0.15) is 0 Å². The molecular weight excluding hydrogens is 114 g/mol. The summed E-state index contributed by atoms with van der Waals surface area (Å²) in [6, 6.07) is 0.319. The number of rotatable bonds is 0. The maximum atomic E-state index is 9.31. The van der Waals surface area contributed by atoms with Crippen molar-refractivity contribution in [1.82, 2.24) is 0 Å². The van der Waals surface area contributed by atoms with Gasteiger partial charge in [0.05, 0.1) is 6.10 Å². The maximum absolute atomic E-state index is 9.31. The first kappa shape index (κ1) is 5.69. The Bertz CT molecular complexity index is 126. The predicted molar refractivity (Wildman–Crippen MR) is 34.8 cm³/mol. The van der Waals surface area contributed by atoms with Crippen LogP contribution in [-0.4, -0.2) is 17.3 Å². The van der Waals surface area contributed by atoms with E-state index >= 15 is 0 Å². The van der Waals surface area contributed by atoms with Crippen LogP contribution < -0.4 is 5.73 Å². The topological polar surface area (TPSA) is 46.2 Å². The van der Waals surface area contributed by atoms with E-state index in [0.29, 0.717) is 17.9 Å². The Morgan fingerprint density at radius 3 is 2.33 bits per heavy atom. The van der Waals surface area contributed by atoms with Crippen LogP contribution in [0.5, 0.6) is 0 Å². The van der Waals surface area contributed by atoms with Gasteiger partial charge in [0.15, 0.2) is 0 Å². The van der Waals surface area contributed by atoms with E-state index in [1.165, 1.54) is 6.42 Å². The zero-order chi connectivity index (χ0) is 6.43. The Hall–Kier alpha value is -0.0800. The molecule has 0 aromatic carbocycles.